The zero-order valence-electron chi connectivity index (χ0n) is 15.0. The van der Waals surface area contributed by atoms with Gasteiger partial charge in [0.25, 0.3) is 0 Å². The van der Waals surface area contributed by atoms with E-state index >= 15 is 0 Å². The smallest absolute Gasteiger partial charge is 0.131 e. The Morgan fingerprint density at radius 2 is 1.79 bits per heavy atom. The Balaban J connectivity index is 2.31. The molecule has 0 amide bonds. The quantitative estimate of drug-likeness (QED) is 0.742. The molecule has 0 radical (unpaired) electrons. The number of benzene rings is 2. The summed E-state index contributed by atoms with van der Waals surface area (Å²) in [5.74, 6) is 0.828. The summed E-state index contributed by atoms with van der Waals surface area (Å²) in [7, 11) is 3.66. The molecule has 0 bridgehead atoms. The Morgan fingerprint density at radius 1 is 1.08 bits per heavy atom. The first-order valence-corrected chi connectivity index (χ1v) is 8.44. The Kier molecular flexibility index (Phi) is 6.30. The molecule has 0 aliphatic carbocycles. The molecule has 0 atom stereocenters. The van der Waals surface area contributed by atoms with E-state index in [4.69, 9.17) is 4.74 Å². The number of aliphatic hydroxyl groups excluding tert-OH is 1. The van der Waals surface area contributed by atoms with Gasteiger partial charge in [-0.3, -0.25) is 0 Å². The van der Waals surface area contributed by atoms with Crippen LogP contribution in [0.1, 0.15) is 36.1 Å². The predicted octanol–water partition coefficient (Wildman–Crippen LogP) is 4.81. The van der Waals surface area contributed by atoms with Gasteiger partial charge in [0.05, 0.1) is 12.8 Å². The van der Waals surface area contributed by atoms with Crippen molar-refractivity contribution in [2.24, 2.45) is 0 Å². The van der Waals surface area contributed by atoms with Gasteiger partial charge in [-0.2, -0.15) is 0 Å². The van der Waals surface area contributed by atoms with Crippen LogP contribution in [-0.4, -0.2) is 24.2 Å². The van der Waals surface area contributed by atoms with Crippen LogP contribution in [0.5, 0.6) is 5.75 Å². The highest BCUT2D eigenvalue weighted by Gasteiger charge is 2.16. The molecule has 0 aliphatic rings. The van der Waals surface area contributed by atoms with E-state index in [1.807, 2.05) is 24.1 Å². The van der Waals surface area contributed by atoms with Crippen LogP contribution in [0.25, 0.3) is 5.70 Å². The topological polar surface area (TPSA) is 32.7 Å². The Bertz CT molecular complexity index is 707. The molecule has 0 saturated heterocycles. The molecule has 3 heteroatoms. The minimum absolute atomic E-state index is 0.722. The first-order chi connectivity index (χ1) is 11.6. The summed E-state index contributed by atoms with van der Waals surface area (Å²) in [6.45, 7) is 4.98. The van der Waals surface area contributed by atoms with Crippen LogP contribution in [0.2, 0.25) is 0 Å². The number of methoxy groups -OCH3 is 1. The van der Waals surface area contributed by atoms with E-state index in [-0.39, 0.29) is 0 Å². The summed E-state index contributed by atoms with van der Waals surface area (Å²) in [4.78, 5) is 2.05. The predicted molar refractivity (Wildman–Crippen MR) is 100 cm³/mol. The van der Waals surface area contributed by atoms with Crippen molar-refractivity contribution in [1.29, 1.82) is 0 Å². The normalized spacial score (nSPS) is 11.4. The summed E-state index contributed by atoms with van der Waals surface area (Å²) in [6, 6.07) is 14.6. The van der Waals surface area contributed by atoms with Gasteiger partial charge in [0.2, 0.25) is 0 Å². The van der Waals surface area contributed by atoms with Crippen LogP contribution in [0.15, 0.2) is 48.7 Å². The van der Waals surface area contributed by atoms with Crippen LogP contribution in [0.3, 0.4) is 0 Å². The van der Waals surface area contributed by atoms with Crippen LogP contribution < -0.4 is 4.74 Å². The van der Waals surface area contributed by atoms with Crippen molar-refractivity contribution in [3.8, 4) is 5.75 Å². The summed E-state index contributed by atoms with van der Waals surface area (Å²) in [6.07, 6.45) is 3.07. The molecular weight excluding hydrogens is 298 g/mol. The second-order valence-corrected chi connectivity index (χ2v) is 5.90. The fourth-order valence-corrected chi connectivity index (χ4v) is 2.99. The average molecular weight is 325 g/mol. The minimum Gasteiger partial charge on any atom is -0.513 e. The number of hydrogen-bond donors (Lipinski definition) is 1. The fraction of sp³-hybridized carbons (Fsp3) is 0.333. The average Bonchev–Trinajstić information content (AvgIpc) is 2.62. The van der Waals surface area contributed by atoms with Crippen LogP contribution in [0.4, 0.5) is 0 Å². The first-order valence-electron chi connectivity index (χ1n) is 8.44. The van der Waals surface area contributed by atoms with Crippen molar-refractivity contribution < 1.29 is 9.84 Å². The summed E-state index contributed by atoms with van der Waals surface area (Å²) < 4.78 is 5.61. The van der Waals surface area contributed by atoms with Gasteiger partial charge in [-0.15, -0.1) is 0 Å². The molecular formula is C21H27NO2. The number of ether oxygens (including phenoxy) is 1. The lowest BCUT2D eigenvalue weighted by atomic mass is 10.0. The van der Waals surface area contributed by atoms with Crippen molar-refractivity contribution in [2.75, 3.05) is 14.2 Å². The lowest BCUT2D eigenvalue weighted by Crippen LogP contribution is -2.17. The van der Waals surface area contributed by atoms with Crippen molar-refractivity contribution in [3.63, 3.8) is 0 Å². The van der Waals surface area contributed by atoms with Crippen LogP contribution in [-0.2, 0) is 19.4 Å². The van der Waals surface area contributed by atoms with Gasteiger partial charge in [-0.25, -0.2) is 0 Å². The summed E-state index contributed by atoms with van der Waals surface area (Å²) >= 11 is 0. The molecule has 128 valence electrons. The molecule has 3 nitrogen and oxygen atoms in total. The molecule has 0 spiro atoms. The third-order valence-electron chi connectivity index (χ3n) is 4.31. The Morgan fingerprint density at radius 3 is 2.42 bits per heavy atom. The number of aryl methyl sites for hydroxylation is 2. The van der Waals surface area contributed by atoms with Gasteiger partial charge in [-0.05, 0) is 35.6 Å². The highest BCUT2D eigenvalue weighted by atomic mass is 16.5. The second-order valence-electron chi connectivity index (χ2n) is 5.90. The fourth-order valence-electron chi connectivity index (χ4n) is 2.99. The maximum Gasteiger partial charge on any atom is 0.131 e. The Labute approximate surface area is 145 Å². The number of aliphatic hydroxyl groups is 1. The van der Waals surface area contributed by atoms with Gasteiger partial charge >= 0.3 is 0 Å². The summed E-state index contributed by atoms with van der Waals surface area (Å²) in [5.41, 5.74) is 5.34. The van der Waals surface area contributed by atoms with E-state index < -0.39 is 0 Å². The maximum absolute atomic E-state index is 9.85. The largest absolute Gasteiger partial charge is 0.513 e. The standard InChI is InChI=1S/C21H27NO2/c1-5-16-9-7-10-17(13-16)14-22(3)20(15-23)19-12-8-11-18(6-2)21(19)24-4/h7-13,15,23H,5-6,14H2,1-4H3/b20-15-. The molecule has 2 rings (SSSR count). The molecule has 0 saturated carbocycles. The Hall–Kier alpha value is -2.42. The first kappa shape index (κ1) is 17.9. The molecule has 1 N–H and O–H groups in total. The van der Waals surface area contributed by atoms with E-state index in [0.717, 1.165) is 42.0 Å². The molecule has 0 aliphatic heterocycles. The molecule has 0 aromatic heterocycles. The number of rotatable bonds is 7. The highest BCUT2D eigenvalue weighted by molar-refractivity contribution is 5.70. The number of nitrogens with zero attached hydrogens (tertiary/aromatic N) is 1. The van der Waals surface area contributed by atoms with Crippen LogP contribution in [0, 0.1) is 0 Å². The monoisotopic (exact) mass is 325 g/mol. The third-order valence-corrected chi connectivity index (χ3v) is 4.31. The van der Waals surface area contributed by atoms with Crippen molar-refractivity contribution in [3.05, 3.63) is 71.0 Å². The molecule has 0 heterocycles. The van der Waals surface area contributed by atoms with Crippen molar-refractivity contribution in [2.45, 2.75) is 33.2 Å². The van der Waals surface area contributed by atoms with Crippen molar-refractivity contribution in [1.82, 2.24) is 4.90 Å². The minimum atomic E-state index is 0.722. The van der Waals surface area contributed by atoms with E-state index in [2.05, 4.69) is 44.2 Å². The second kappa shape index (κ2) is 8.44. The summed E-state index contributed by atoms with van der Waals surface area (Å²) in [5, 5.41) is 9.85. The van der Waals surface area contributed by atoms with E-state index in [1.165, 1.54) is 17.4 Å². The van der Waals surface area contributed by atoms with Gasteiger partial charge in [0.15, 0.2) is 0 Å². The van der Waals surface area contributed by atoms with E-state index in [9.17, 15) is 5.11 Å². The SMILES string of the molecule is CCc1cccc(CN(C)/C(=C\O)c2cccc(CC)c2OC)c1. The molecule has 0 fully saturated rings. The number of para-hydroxylation sites is 1. The van der Waals surface area contributed by atoms with Gasteiger partial charge in [0, 0.05) is 19.2 Å². The maximum atomic E-state index is 9.85. The third kappa shape index (κ3) is 3.91. The molecule has 2 aromatic rings. The molecule has 2 aromatic carbocycles. The van der Waals surface area contributed by atoms with Crippen molar-refractivity contribution >= 4 is 5.70 Å². The van der Waals surface area contributed by atoms with Crippen LogP contribution >= 0.6 is 0 Å². The highest BCUT2D eigenvalue weighted by Crippen LogP contribution is 2.32. The number of hydrogen-bond acceptors (Lipinski definition) is 3. The van der Waals surface area contributed by atoms with Gasteiger partial charge < -0.3 is 14.7 Å². The lowest BCUT2D eigenvalue weighted by Gasteiger charge is -2.24. The zero-order chi connectivity index (χ0) is 17.5. The lowest BCUT2D eigenvalue weighted by molar-refractivity contribution is 0.398. The van der Waals surface area contributed by atoms with Gasteiger partial charge in [0.1, 0.15) is 12.0 Å². The van der Waals surface area contributed by atoms with E-state index in [0.29, 0.717) is 0 Å². The molecule has 24 heavy (non-hydrogen) atoms. The van der Waals surface area contributed by atoms with E-state index in [1.54, 1.807) is 7.11 Å². The zero-order valence-corrected chi connectivity index (χ0v) is 15.0. The molecule has 0 unspecified atom stereocenters. The van der Waals surface area contributed by atoms with Gasteiger partial charge in [-0.1, -0.05) is 50.2 Å².